The molecule has 1 aromatic heterocycles. The van der Waals surface area contributed by atoms with Crippen LogP contribution in [-0.4, -0.2) is 37.5 Å². The maximum absolute atomic E-state index is 12.2. The molecule has 0 bridgehead atoms. The van der Waals surface area contributed by atoms with Crippen molar-refractivity contribution in [2.45, 2.75) is 6.29 Å². The maximum Gasteiger partial charge on any atom is 0.268 e. The number of rotatable bonds is 6. The van der Waals surface area contributed by atoms with Crippen LogP contribution in [0.25, 0.3) is 11.3 Å². The van der Waals surface area contributed by atoms with Crippen LogP contribution in [0.3, 0.4) is 0 Å². The van der Waals surface area contributed by atoms with E-state index in [0.29, 0.717) is 12.2 Å². The second-order valence-corrected chi connectivity index (χ2v) is 4.64. The number of nitrogens with one attached hydrogen (secondary N) is 1. The molecule has 0 saturated carbocycles. The highest BCUT2D eigenvalue weighted by atomic mass is 16.7. The van der Waals surface area contributed by atoms with E-state index in [4.69, 9.17) is 9.47 Å². The van der Waals surface area contributed by atoms with Crippen LogP contribution in [0.5, 0.6) is 0 Å². The molecule has 2 rings (SSSR count). The van der Waals surface area contributed by atoms with Crippen molar-refractivity contribution < 1.29 is 14.3 Å². The van der Waals surface area contributed by atoms with Crippen molar-refractivity contribution in [3.8, 4) is 11.3 Å². The van der Waals surface area contributed by atoms with E-state index in [9.17, 15) is 4.79 Å². The quantitative estimate of drug-likeness (QED) is 0.828. The average Bonchev–Trinajstić information content (AvgIpc) is 2.90. The van der Waals surface area contributed by atoms with Crippen LogP contribution in [-0.2, 0) is 16.5 Å². The Bertz CT molecular complexity index is 589. The Balaban J connectivity index is 2.11. The molecule has 0 radical (unpaired) electrons. The Morgan fingerprint density at radius 3 is 2.43 bits per heavy atom. The van der Waals surface area contributed by atoms with Crippen LogP contribution in [0, 0.1) is 0 Å². The van der Waals surface area contributed by atoms with Crippen LogP contribution in [0.2, 0.25) is 0 Å². The highest BCUT2D eigenvalue weighted by Gasteiger charge is 2.15. The van der Waals surface area contributed by atoms with Gasteiger partial charge in [-0.25, -0.2) is 0 Å². The van der Waals surface area contributed by atoms with Gasteiger partial charge in [0.2, 0.25) is 0 Å². The first-order chi connectivity index (χ1) is 10.2. The Kier molecular flexibility index (Phi) is 5.14. The van der Waals surface area contributed by atoms with Gasteiger partial charge in [-0.3, -0.25) is 4.79 Å². The van der Waals surface area contributed by atoms with Crippen molar-refractivity contribution in [3.63, 3.8) is 0 Å². The maximum atomic E-state index is 12.2. The standard InChI is InChI=1S/C16H20N2O3/c1-18-13(12-7-5-4-6-8-12)9-10-14(18)16(19)17-11-15(20-2)21-3/h4-10,15H,11H2,1-3H3,(H,17,19). The number of benzene rings is 1. The molecule has 1 amide bonds. The lowest BCUT2D eigenvalue weighted by Crippen LogP contribution is -2.34. The zero-order valence-electron chi connectivity index (χ0n) is 12.5. The average molecular weight is 288 g/mol. The molecular formula is C16H20N2O3. The van der Waals surface area contributed by atoms with Crippen LogP contribution in [0.1, 0.15) is 10.5 Å². The summed E-state index contributed by atoms with van der Waals surface area (Å²) in [5.41, 5.74) is 2.67. The third-order valence-electron chi connectivity index (χ3n) is 3.38. The van der Waals surface area contributed by atoms with E-state index in [1.54, 1.807) is 0 Å². The number of nitrogens with zero attached hydrogens (tertiary/aromatic N) is 1. The van der Waals surface area contributed by atoms with E-state index in [2.05, 4.69) is 5.32 Å². The van der Waals surface area contributed by atoms with Crippen LogP contribution in [0.4, 0.5) is 0 Å². The number of aromatic nitrogens is 1. The Hall–Kier alpha value is -2.11. The number of hydrogen-bond acceptors (Lipinski definition) is 3. The fourth-order valence-electron chi connectivity index (χ4n) is 2.17. The van der Waals surface area contributed by atoms with Crippen molar-refractivity contribution in [1.82, 2.24) is 9.88 Å². The molecule has 0 fully saturated rings. The molecule has 0 spiro atoms. The molecule has 5 heteroatoms. The SMILES string of the molecule is COC(CNC(=O)c1ccc(-c2ccccc2)n1C)OC. The van der Waals surface area contributed by atoms with Crippen LogP contribution < -0.4 is 5.32 Å². The van der Waals surface area contributed by atoms with Crippen molar-refractivity contribution in [2.75, 3.05) is 20.8 Å². The normalized spacial score (nSPS) is 10.9. The molecule has 0 unspecified atom stereocenters. The third-order valence-corrected chi connectivity index (χ3v) is 3.38. The number of hydrogen-bond donors (Lipinski definition) is 1. The minimum Gasteiger partial charge on any atom is -0.354 e. The molecule has 0 aliphatic rings. The fourth-order valence-corrected chi connectivity index (χ4v) is 2.17. The van der Waals surface area contributed by atoms with E-state index in [1.165, 1.54) is 14.2 Å². The van der Waals surface area contributed by atoms with Crippen molar-refractivity contribution in [3.05, 3.63) is 48.2 Å². The van der Waals surface area contributed by atoms with Gasteiger partial charge in [-0.1, -0.05) is 30.3 Å². The number of carbonyl (C=O) groups excluding carboxylic acids is 1. The highest BCUT2D eigenvalue weighted by molar-refractivity contribution is 5.93. The minimum atomic E-state index is -0.442. The van der Waals surface area contributed by atoms with E-state index < -0.39 is 6.29 Å². The Labute approximate surface area is 124 Å². The first-order valence-corrected chi connectivity index (χ1v) is 6.72. The molecule has 0 aliphatic carbocycles. The largest absolute Gasteiger partial charge is 0.354 e. The topological polar surface area (TPSA) is 52.5 Å². The minimum absolute atomic E-state index is 0.154. The van der Waals surface area contributed by atoms with Gasteiger partial charge in [0.1, 0.15) is 5.69 Å². The molecule has 5 nitrogen and oxygen atoms in total. The smallest absolute Gasteiger partial charge is 0.268 e. The van der Waals surface area contributed by atoms with Crippen molar-refractivity contribution >= 4 is 5.91 Å². The van der Waals surface area contributed by atoms with Gasteiger partial charge >= 0.3 is 0 Å². The van der Waals surface area contributed by atoms with Gasteiger partial charge in [0.15, 0.2) is 6.29 Å². The number of methoxy groups -OCH3 is 2. The summed E-state index contributed by atoms with van der Waals surface area (Å²) in [6.07, 6.45) is -0.442. The molecular weight excluding hydrogens is 268 g/mol. The molecule has 1 aromatic carbocycles. The lowest BCUT2D eigenvalue weighted by molar-refractivity contribution is -0.0974. The third kappa shape index (κ3) is 3.51. The molecule has 1 heterocycles. The summed E-state index contributed by atoms with van der Waals surface area (Å²) in [7, 11) is 4.95. The zero-order chi connectivity index (χ0) is 15.2. The molecule has 0 atom stereocenters. The summed E-state index contributed by atoms with van der Waals surface area (Å²) in [5.74, 6) is -0.154. The predicted octanol–water partition coefficient (Wildman–Crippen LogP) is 2.04. The van der Waals surface area contributed by atoms with Crippen molar-refractivity contribution in [2.24, 2.45) is 7.05 Å². The summed E-state index contributed by atoms with van der Waals surface area (Å²) in [6, 6.07) is 13.7. The summed E-state index contributed by atoms with van der Waals surface area (Å²) in [4.78, 5) is 12.2. The summed E-state index contributed by atoms with van der Waals surface area (Å²) >= 11 is 0. The molecule has 112 valence electrons. The summed E-state index contributed by atoms with van der Waals surface area (Å²) < 4.78 is 12.0. The monoisotopic (exact) mass is 288 g/mol. The van der Waals surface area contributed by atoms with Gasteiger partial charge in [0.25, 0.3) is 5.91 Å². The van der Waals surface area contributed by atoms with Gasteiger partial charge in [-0.15, -0.1) is 0 Å². The van der Waals surface area contributed by atoms with E-state index in [1.807, 2.05) is 54.1 Å². The molecule has 1 N–H and O–H groups in total. The van der Waals surface area contributed by atoms with Crippen LogP contribution in [0.15, 0.2) is 42.5 Å². The molecule has 0 aliphatic heterocycles. The van der Waals surface area contributed by atoms with Gasteiger partial charge in [-0.2, -0.15) is 0 Å². The van der Waals surface area contributed by atoms with Gasteiger partial charge < -0.3 is 19.4 Å². The number of ether oxygens (including phenoxy) is 2. The lowest BCUT2D eigenvalue weighted by Gasteiger charge is -2.14. The first kappa shape index (κ1) is 15.3. The van der Waals surface area contributed by atoms with Gasteiger partial charge in [-0.05, 0) is 17.7 Å². The molecule has 0 saturated heterocycles. The number of amides is 1. The second kappa shape index (κ2) is 7.06. The fraction of sp³-hybridized carbons (Fsp3) is 0.312. The van der Waals surface area contributed by atoms with E-state index >= 15 is 0 Å². The summed E-state index contributed by atoms with van der Waals surface area (Å²) in [6.45, 7) is 0.303. The lowest BCUT2D eigenvalue weighted by atomic mass is 10.2. The van der Waals surface area contributed by atoms with Crippen molar-refractivity contribution in [1.29, 1.82) is 0 Å². The van der Waals surface area contributed by atoms with Gasteiger partial charge in [0.05, 0.1) is 6.54 Å². The zero-order valence-corrected chi connectivity index (χ0v) is 12.5. The highest BCUT2D eigenvalue weighted by Crippen LogP contribution is 2.21. The Morgan fingerprint density at radius 2 is 1.81 bits per heavy atom. The van der Waals surface area contributed by atoms with E-state index in [-0.39, 0.29) is 5.91 Å². The molecule has 2 aromatic rings. The Morgan fingerprint density at radius 1 is 1.14 bits per heavy atom. The predicted molar refractivity (Wildman–Crippen MR) is 81.0 cm³/mol. The number of carbonyl (C=O) groups is 1. The first-order valence-electron chi connectivity index (χ1n) is 6.72. The van der Waals surface area contributed by atoms with E-state index in [0.717, 1.165) is 11.3 Å². The molecule has 21 heavy (non-hydrogen) atoms. The summed E-state index contributed by atoms with van der Waals surface area (Å²) in [5, 5.41) is 2.80. The van der Waals surface area contributed by atoms with Gasteiger partial charge in [0, 0.05) is 27.0 Å². The second-order valence-electron chi connectivity index (χ2n) is 4.64. The van der Waals surface area contributed by atoms with Crippen LogP contribution >= 0.6 is 0 Å².